The number of fused-ring (bicyclic) bond motifs is 1. The molecule has 2 aromatic heterocycles. The molecule has 2 saturated carbocycles. The van der Waals surface area contributed by atoms with Crippen LogP contribution in [0.3, 0.4) is 0 Å². The third-order valence-corrected chi connectivity index (χ3v) is 9.81. The van der Waals surface area contributed by atoms with E-state index in [4.69, 9.17) is 21.1 Å². The largest absolute Gasteiger partial charge is 0.495 e. The van der Waals surface area contributed by atoms with Crippen LogP contribution in [-0.4, -0.2) is 81.4 Å². The van der Waals surface area contributed by atoms with Crippen LogP contribution in [0.5, 0.6) is 11.6 Å². The summed E-state index contributed by atoms with van der Waals surface area (Å²) >= 11 is 5.79. The molecule has 3 heterocycles. The summed E-state index contributed by atoms with van der Waals surface area (Å²) in [5, 5.41) is 8.45. The number of benzene rings is 1. The van der Waals surface area contributed by atoms with Crippen LogP contribution < -0.4 is 30.4 Å². The number of amides is 3. The van der Waals surface area contributed by atoms with Gasteiger partial charge in [-0.15, -0.1) is 51.7 Å². The first-order valence-electron chi connectivity index (χ1n) is 17.7. The molecule has 0 bridgehead atoms. The minimum Gasteiger partial charge on any atom is -0.495 e. The minimum atomic E-state index is -1.08. The van der Waals surface area contributed by atoms with Crippen molar-refractivity contribution in [3.63, 3.8) is 0 Å². The molecule has 3 fully saturated rings. The van der Waals surface area contributed by atoms with E-state index in [1.807, 2.05) is 26.8 Å². The summed E-state index contributed by atoms with van der Waals surface area (Å²) in [5.74, 6) is 1.11. The van der Waals surface area contributed by atoms with Gasteiger partial charge in [0.05, 0.1) is 36.7 Å². The maximum absolute atomic E-state index is 13.4. The highest BCUT2D eigenvalue weighted by atomic mass is 35.5. The van der Waals surface area contributed by atoms with Gasteiger partial charge in [0.15, 0.2) is 0 Å². The number of anilines is 1. The lowest BCUT2D eigenvalue weighted by molar-refractivity contribution is -0.140. The maximum Gasteiger partial charge on any atom is 0.256 e. The summed E-state index contributed by atoms with van der Waals surface area (Å²) < 4.78 is 23.0. The summed E-state index contributed by atoms with van der Waals surface area (Å²) in [5.41, 5.74) is 0.266. The van der Waals surface area contributed by atoms with Gasteiger partial charge in [0.1, 0.15) is 28.8 Å². The fourth-order valence-corrected chi connectivity index (χ4v) is 6.22. The SMILES string of the molecule is C#C.C#C.C#C.C=C.COc1c[nH]c(=O)c2cc(Cl)ccc12.COc1ccc(NC(C(=O)N2CCC[C@H]2C(=O)NC2CC2)C(C)(C)C)cn1.O=CNS(=O)C1CC1. The van der Waals surface area contributed by atoms with Gasteiger partial charge in [-0.1, -0.05) is 32.4 Å². The number of nitrogens with one attached hydrogen (secondary N) is 4. The lowest BCUT2D eigenvalue weighted by Gasteiger charge is -2.36. The topological polar surface area (TPSA) is 172 Å². The maximum atomic E-state index is 13.4. The number of aromatic amines is 1. The molecule has 1 saturated heterocycles. The minimum absolute atomic E-state index is 0.0119. The van der Waals surface area contributed by atoms with E-state index in [0.29, 0.717) is 41.0 Å². The van der Waals surface area contributed by atoms with Crippen LogP contribution in [0.2, 0.25) is 5.02 Å². The Morgan fingerprint density at radius 2 is 1.63 bits per heavy atom. The van der Waals surface area contributed by atoms with E-state index in [0.717, 1.165) is 49.6 Å². The van der Waals surface area contributed by atoms with E-state index >= 15 is 0 Å². The van der Waals surface area contributed by atoms with E-state index in [2.05, 4.69) is 77.0 Å². The molecule has 2 aliphatic carbocycles. The molecular formula is C42H55ClN6O7S. The molecule has 0 spiro atoms. The lowest BCUT2D eigenvalue weighted by atomic mass is 9.85. The van der Waals surface area contributed by atoms with E-state index in [1.165, 1.54) is 0 Å². The summed E-state index contributed by atoms with van der Waals surface area (Å²) in [4.78, 5) is 55.5. The first kappa shape index (κ1) is 51.2. The predicted octanol–water partition coefficient (Wildman–Crippen LogP) is 5.49. The third-order valence-electron chi connectivity index (χ3n) is 8.17. The van der Waals surface area contributed by atoms with Gasteiger partial charge >= 0.3 is 0 Å². The summed E-state index contributed by atoms with van der Waals surface area (Å²) in [6.45, 7) is 12.7. The van der Waals surface area contributed by atoms with Crippen molar-refractivity contribution in [1.82, 2.24) is 24.9 Å². The van der Waals surface area contributed by atoms with Crippen molar-refractivity contribution in [1.29, 1.82) is 0 Å². The number of ether oxygens (including phenoxy) is 2. The molecule has 0 radical (unpaired) electrons. The molecule has 6 rings (SSSR count). The zero-order chi connectivity index (χ0) is 43.7. The second kappa shape index (κ2) is 27.0. The smallest absolute Gasteiger partial charge is 0.256 e. The van der Waals surface area contributed by atoms with E-state index in [-0.39, 0.29) is 34.1 Å². The van der Waals surface area contributed by atoms with Gasteiger partial charge in [0, 0.05) is 35.3 Å². The number of carbonyl (C=O) groups is 3. The molecule has 1 aliphatic heterocycles. The van der Waals surface area contributed by atoms with Crippen molar-refractivity contribution in [2.45, 2.75) is 82.7 Å². The average molecular weight is 823 g/mol. The number of nitrogens with zero attached hydrogens (tertiary/aromatic N) is 2. The Morgan fingerprint density at radius 3 is 2.12 bits per heavy atom. The van der Waals surface area contributed by atoms with Crippen LogP contribution in [0.4, 0.5) is 5.69 Å². The van der Waals surface area contributed by atoms with Crippen LogP contribution >= 0.6 is 11.6 Å². The van der Waals surface area contributed by atoms with E-state index in [1.54, 1.807) is 55.8 Å². The van der Waals surface area contributed by atoms with Gasteiger partial charge in [-0.3, -0.25) is 23.9 Å². The number of aromatic nitrogens is 2. The Bertz CT molecular complexity index is 1830. The number of halogens is 1. The first-order valence-corrected chi connectivity index (χ1v) is 19.3. The Balaban J connectivity index is 0.000000869. The van der Waals surface area contributed by atoms with Crippen molar-refractivity contribution >= 4 is 57.3 Å². The standard InChI is InChI=1S/C20H30N4O3.C10H8ClNO2.C4H7NO2S.C2H4.3C2H2/c1-20(2,3)17(22-14-9-10-16(27-4)21-12-14)19(26)24-11-5-6-15(24)18(25)23-13-7-8-13;1-14-9-5-12-10(13)8-4-6(11)2-3-7(8)9;6-3-5-8(7)4-1-2-4;4*1-2/h9-10,12-13,15,17,22H,5-8,11H2,1-4H3,(H,23,25);2-5H,1H3,(H,12,13);3-4H,1-2H2,(H,5,6);1-2H2;3*1-2H/t15-,17?;;;;;;/m0....../s1. The Hall–Kier alpha value is -5.75. The zero-order valence-corrected chi connectivity index (χ0v) is 34.9. The van der Waals surface area contributed by atoms with E-state index in [9.17, 15) is 23.4 Å². The van der Waals surface area contributed by atoms with Gasteiger partial charge in [0.2, 0.25) is 24.1 Å². The van der Waals surface area contributed by atoms with Crippen LogP contribution in [0.25, 0.3) is 10.8 Å². The molecule has 3 aliphatic rings. The Morgan fingerprint density at radius 1 is 1.00 bits per heavy atom. The number of H-pyrrole nitrogens is 1. The molecule has 13 nitrogen and oxygen atoms in total. The Kier molecular flexibility index (Phi) is 24.2. The molecule has 15 heteroatoms. The van der Waals surface area contributed by atoms with Crippen LogP contribution in [0, 0.1) is 44.0 Å². The van der Waals surface area contributed by atoms with Gasteiger partial charge < -0.3 is 30.0 Å². The molecule has 1 aromatic carbocycles. The highest BCUT2D eigenvalue weighted by molar-refractivity contribution is 7.84. The monoisotopic (exact) mass is 822 g/mol. The number of likely N-dealkylation sites (tertiary alicyclic amines) is 1. The number of pyridine rings is 2. The summed E-state index contributed by atoms with van der Waals surface area (Å²) in [6, 6.07) is 8.21. The number of hydrogen-bond donors (Lipinski definition) is 4. The van der Waals surface area contributed by atoms with Crippen LogP contribution in [0.1, 0.15) is 59.3 Å². The highest BCUT2D eigenvalue weighted by Crippen LogP contribution is 2.30. The van der Waals surface area contributed by atoms with Crippen LogP contribution in [0.15, 0.2) is 60.7 Å². The first-order chi connectivity index (χ1) is 27.4. The molecule has 3 aromatic rings. The molecule has 57 heavy (non-hydrogen) atoms. The van der Waals surface area contributed by atoms with Crippen molar-refractivity contribution in [2.24, 2.45) is 5.41 Å². The number of methoxy groups -OCH3 is 2. The predicted molar refractivity (Wildman–Crippen MR) is 231 cm³/mol. The highest BCUT2D eigenvalue weighted by Gasteiger charge is 2.42. The molecule has 3 atom stereocenters. The van der Waals surface area contributed by atoms with Crippen molar-refractivity contribution in [3.05, 3.63) is 71.3 Å². The molecule has 4 N–H and O–H groups in total. The molecule has 2 unspecified atom stereocenters. The number of carbonyl (C=O) groups excluding carboxylic acids is 3. The van der Waals surface area contributed by atoms with Crippen molar-refractivity contribution < 1.29 is 28.1 Å². The van der Waals surface area contributed by atoms with Crippen molar-refractivity contribution in [2.75, 3.05) is 26.1 Å². The van der Waals surface area contributed by atoms with Crippen LogP contribution in [-0.2, 0) is 25.4 Å². The van der Waals surface area contributed by atoms with E-state index < -0.39 is 17.0 Å². The second-order valence-corrected chi connectivity index (χ2v) is 15.0. The zero-order valence-electron chi connectivity index (χ0n) is 33.3. The molecular weight excluding hydrogens is 768 g/mol. The molecule has 3 amide bonds. The Labute approximate surface area is 344 Å². The summed E-state index contributed by atoms with van der Waals surface area (Å²) in [6.07, 6.45) is 33.3. The number of rotatable bonds is 10. The quantitative estimate of drug-likeness (QED) is 0.117. The van der Waals surface area contributed by atoms with Crippen molar-refractivity contribution in [3.8, 4) is 50.2 Å². The fraction of sp³-hybridized carbons (Fsp3) is 0.405. The van der Waals surface area contributed by atoms with Gasteiger partial charge in [-0.2, -0.15) is 0 Å². The number of terminal acetylenes is 3. The third kappa shape index (κ3) is 16.9. The fourth-order valence-electron chi connectivity index (χ4n) is 5.20. The second-order valence-electron chi connectivity index (χ2n) is 13.1. The van der Waals surface area contributed by atoms with Gasteiger partial charge in [-0.05, 0) is 68.2 Å². The molecule has 308 valence electrons. The summed E-state index contributed by atoms with van der Waals surface area (Å²) in [7, 11) is 2.05. The lowest BCUT2D eigenvalue weighted by Crippen LogP contribution is -2.54. The number of hydrogen-bond acceptors (Lipinski definition) is 9. The van der Waals surface area contributed by atoms with Gasteiger partial charge in [0.25, 0.3) is 5.56 Å². The normalized spacial score (nSPS) is 15.7. The van der Waals surface area contributed by atoms with Gasteiger partial charge in [-0.25, -0.2) is 9.19 Å². The average Bonchev–Trinajstić information content (AvgIpc) is 4.19.